The standard InChI is InChI=1S/C14H7BrFIN2O2/c15-10-6-8(16)2-3-9(10)13-18-14(21-19-13)7-1-4-11(17)12(20)5-7/h1-6,20H. The Hall–Kier alpha value is -1.48. The average molecular weight is 461 g/mol. The van der Waals surface area contributed by atoms with Gasteiger partial charge in [-0.2, -0.15) is 4.98 Å². The number of phenolic OH excluding ortho intramolecular Hbond substituents is 1. The molecule has 3 rings (SSSR count). The van der Waals surface area contributed by atoms with Gasteiger partial charge in [-0.25, -0.2) is 4.39 Å². The molecule has 0 aliphatic carbocycles. The minimum atomic E-state index is -0.350. The Morgan fingerprint density at radius 2 is 2.00 bits per heavy atom. The van der Waals surface area contributed by atoms with E-state index in [0.717, 1.165) is 3.57 Å². The third-order valence-electron chi connectivity index (χ3n) is 2.79. The van der Waals surface area contributed by atoms with Crippen LogP contribution >= 0.6 is 38.5 Å². The Labute approximate surface area is 141 Å². The lowest BCUT2D eigenvalue weighted by Gasteiger charge is -1.99. The van der Waals surface area contributed by atoms with Crippen molar-refractivity contribution in [2.45, 2.75) is 0 Å². The van der Waals surface area contributed by atoms with Gasteiger partial charge in [0.05, 0.1) is 3.57 Å². The van der Waals surface area contributed by atoms with E-state index in [1.54, 1.807) is 24.3 Å². The SMILES string of the molecule is Oc1cc(-c2nc(-c3ccc(F)cc3Br)no2)ccc1I. The van der Waals surface area contributed by atoms with Crippen molar-refractivity contribution >= 4 is 38.5 Å². The summed E-state index contributed by atoms with van der Waals surface area (Å²) in [6.07, 6.45) is 0. The van der Waals surface area contributed by atoms with Crippen LogP contribution in [0.25, 0.3) is 22.8 Å². The van der Waals surface area contributed by atoms with Crippen LogP contribution in [-0.4, -0.2) is 15.2 Å². The van der Waals surface area contributed by atoms with Crippen LogP contribution in [0.1, 0.15) is 0 Å². The molecule has 0 spiro atoms. The van der Waals surface area contributed by atoms with Gasteiger partial charge in [0.25, 0.3) is 5.89 Å². The number of rotatable bonds is 2. The van der Waals surface area contributed by atoms with E-state index in [0.29, 0.717) is 21.4 Å². The molecule has 2 aromatic carbocycles. The van der Waals surface area contributed by atoms with Crippen molar-refractivity contribution in [1.82, 2.24) is 10.1 Å². The summed E-state index contributed by atoms with van der Waals surface area (Å²) in [7, 11) is 0. The van der Waals surface area contributed by atoms with Crippen molar-refractivity contribution in [3.05, 3.63) is 50.3 Å². The van der Waals surface area contributed by atoms with E-state index in [2.05, 4.69) is 26.1 Å². The lowest BCUT2D eigenvalue weighted by molar-refractivity contribution is 0.431. The van der Waals surface area contributed by atoms with Gasteiger partial charge in [0, 0.05) is 15.6 Å². The van der Waals surface area contributed by atoms with Crippen LogP contribution in [0, 0.1) is 9.39 Å². The fourth-order valence-corrected chi connectivity index (χ4v) is 2.63. The summed E-state index contributed by atoms with van der Waals surface area (Å²) in [5.74, 6) is 0.426. The number of aromatic nitrogens is 2. The number of aromatic hydroxyl groups is 1. The molecular weight excluding hydrogens is 454 g/mol. The fourth-order valence-electron chi connectivity index (χ4n) is 1.77. The highest BCUT2D eigenvalue weighted by Gasteiger charge is 2.14. The molecule has 3 aromatic rings. The Bertz CT molecular complexity index is 822. The first-order valence-corrected chi connectivity index (χ1v) is 7.70. The summed E-state index contributed by atoms with van der Waals surface area (Å²) in [5.41, 5.74) is 1.24. The molecule has 4 nitrogen and oxygen atoms in total. The zero-order valence-corrected chi connectivity index (χ0v) is 14.1. The molecule has 106 valence electrons. The number of hydrogen-bond donors (Lipinski definition) is 1. The maximum absolute atomic E-state index is 13.1. The quantitative estimate of drug-likeness (QED) is 0.567. The van der Waals surface area contributed by atoms with Crippen LogP contribution in [-0.2, 0) is 0 Å². The Morgan fingerprint density at radius 1 is 1.19 bits per heavy atom. The molecule has 21 heavy (non-hydrogen) atoms. The molecule has 0 radical (unpaired) electrons. The summed E-state index contributed by atoms with van der Waals surface area (Å²) in [4.78, 5) is 4.27. The van der Waals surface area contributed by atoms with E-state index in [9.17, 15) is 9.50 Å². The molecule has 1 aromatic heterocycles. The molecule has 0 aliphatic rings. The van der Waals surface area contributed by atoms with Crippen molar-refractivity contribution in [2.24, 2.45) is 0 Å². The fraction of sp³-hybridized carbons (Fsp3) is 0. The molecule has 0 saturated heterocycles. The lowest BCUT2D eigenvalue weighted by Crippen LogP contribution is -1.85. The highest BCUT2D eigenvalue weighted by Crippen LogP contribution is 2.30. The molecule has 1 N–H and O–H groups in total. The number of halogens is 3. The highest BCUT2D eigenvalue weighted by atomic mass is 127. The summed E-state index contributed by atoms with van der Waals surface area (Å²) in [6, 6.07) is 9.31. The molecule has 1 heterocycles. The predicted molar refractivity (Wildman–Crippen MR) is 87.2 cm³/mol. The Kier molecular flexibility index (Phi) is 3.94. The smallest absolute Gasteiger partial charge is 0.258 e. The Balaban J connectivity index is 2.01. The maximum Gasteiger partial charge on any atom is 0.258 e. The maximum atomic E-state index is 13.1. The van der Waals surface area contributed by atoms with Crippen molar-refractivity contribution in [3.8, 4) is 28.6 Å². The third kappa shape index (κ3) is 2.93. The highest BCUT2D eigenvalue weighted by molar-refractivity contribution is 14.1. The molecular formula is C14H7BrFIN2O2. The zero-order chi connectivity index (χ0) is 15.0. The summed E-state index contributed by atoms with van der Waals surface area (Å²) >= 11 is 5.29. The number of phenols is 1. The van der Waals surface area contributed by atoms with Crippen LogP contribution < -0.4 is 0 Å². The Morgan fingerprint density at radius 3 is 2.71 bits per heavy atom. The van der Waals surface area contributed by atoms with Crippen LogP contribution in [0.15, 0.2) is 45.4 Å². The molecule has 0 bridgehead atoms. The van der Waals surface area contributed by atoms with Crippen molar-refractivity contribution in [1.29, 1.82) is 0 Å². The molecule has 0 atom stereocenters. The zero-order valence-electron chi connectivity index (χ0n) is 10.3. The third-order valence-corrected chi connectivity index (χ3v) is 4.36. The molecule has 0 saturated carbocycles. The van der Waals surface area contributed by atoms with Crippen molar-refractivity contribution in [2.75, 3.05) is 0 Å². The van der Waals surface area contributed by atoms with Gasteiger partial charge in [0.2, 0.25) is 5.82 Å². The van der Waals surface area contributed by atoms with E-state index >= 15 is 0 Å². The van der Waals surface area contributed by atoms with Gasteiger partial charge in [0.15, 0.2) is 0 Å². The number of benzene rings is 2. The molecule has 7 heteroatoms. The second-order valence-corrected chi connectivity index (χ2v) is 6.23. The van der Waals surface area contributed by atoms with E-state index in [1.807, 2.05) is 22.6 Å². The first kappa shape index (κ1) is 14.5. The van der Waals surface area contributed by atoms with Crippen molar-refractivity contribution in [3.63, 3.8) is 0 Å². The van der Waals surface area contributed by atoms with E-state index in [1.165, 1.54) is 12.1 Å². The van der Waals surface area contributed by atoms with Crippen LogP contribution in [0.5, 0.6) is 5.75 Å². The lowest BCUT2D eigenvalue weighted by atomic mass is 10.2. The second-order valence-electron chi connectivity index (χ2n) is 4.21. The number of hydrogen-bond acceptors (Lipinski definition) is 4. The van der Waals surface area contributed by atoms with Crippen LogP contribution in [0.3, 0.4) is 0 Å². The van der Waals surface area contributed by atoms with Gasteiger partial charge >= 0.3 is 0 Å². The van der Waals surface area contributed by atoms with Gasteiger partial charge < -0.3 is 9.63 Å². The monoisotopic (exact) mass is 460 g/mol. The summed E-state index contributed by atoms with van der Waals surface area (Å²) in [6.45, 7) is 0. The number of nitrogens with zero attached hydrogens (tertiary/aromatic N) is 2. The minimum Gasteiger partial charge on any atom is -0.507 e. The van der Waals surface area contributed by atoms with Gasteiger partial charge in [0.1, 0.15) is 11.6 Å². The summed E-state index contributed by atoms with van der Waals surface area (Å²) < 4.78 is 19.6. The first-order chi connectivity index (χ1) is 10.0. The average Bonchev–Trinajstić information content (AvgIpc) is 2.91. The van der Waals surface area contributed by atoms with E-state index < -0.39 is 0 Å². The largest absolute Gasteiger partial charge is 0.507 e. The van der Waals surface area contributed by atoms with Gasteiger partial charge in [-0.05, 0) is 74.9 Å². The minimum absolute atomic E-state index is 0.149. The molecule has 0 amide bonds. The van der Waals surface area contributed by atoms with Crippen LogP contribution in [0.2, 0.25) is 0 Å². The summed E-state index contributed by atoms with van der Waals surface area (Å²) in [5, 5.41) is 13.6. The normalized spacial score (nSPS) is 10.8. The van der Waals surface area contributed by atoms with Gasteiger partial charge in [-0.15, -0.1) is 0 Å². The van der Waals surface area contributed by atoms with E-state index in [4.69, 9.17) is 4.52 Å². The molecule has 0 unspecified atom stereocenters. The van der Waals surface area contributed by atoms with Gasteiger partial charge in [-0.1, -0.05) is 5.16 Å². The van der Waals surface area contributed by atoms with Gasteiger partial charge in [-0.3, -0.25) is 0 Å². The predicted octanol–water partition coefficient (Wildman–Crippen LogP) is 4.62. The van der Waals surface area contributed by atoms with Crippen LogP contribution in [0.4, 0.5) is 4.39 Å². The van der Waals surface area contributed by atoms with Crippen molar-refractivity contribution < 1.29 is 14.0 Å². The topological polar surface area (TPSA) is 59.2 Å². The van der Waals surface area contributed by atoms with E-state index in [-0.39, 0.29) is 17.5 Å². The molecule has 0 fully saturated rings. The molecule has 0 aliphatic heterocycles. The second kappa shape index (κ2) is 5.72. The first-order valence-electron chi connectivity index (χ1n) is 5.82.